The lowest BCUT2D eigenvalue weighted by Crippen LogP contribution is -2.46. The second-order valence-corrected chi connectivity index (χ2v) is 5.05. The van der Waals surface area contributed by atoms with Crippen LogP contribution in [0.5, 0.6) is 0 Å². The summed E-state index contributed by atoms with van der Waals surface area (Å²) in [4.78, 5) is 25.2. The molecule has 0 bridgehead atoms. The lowest BCUT2D eigenvalue weighted by Gasteiger charge is -2.36. The van der Waals surface area contributed by atoms with Crippen molar-refractivity contribution in [1.82, 2.24) is 0 Å². The van der Waals surface area contributed by atoms with Gasteiger partial charge in [-0.1, -0.05) is 12.1 Å². The zero-order chi connectivity index (χ0) is 14.0. The van der Waals surface area contributed by atoms with Gasteiger partial charge in [0, 0.05) is 12.2 Å². The van der Waals surface area contributed by atoms with E-state index in [2.05, 4.69) is 0 Å². The first-order chi connectivity index (χ1) is 9.04. The Balaban J connectivity index is 2.18. The molecule has 1 amide bonds. The van der Waals surface area contributed by atoms with Gasteiger partial charge in [0.05, 0.1) is 11.8 Å². The van der Waals surface area contributed by atoms with E-state index in [0.29, 0.717) is 19.4 Å². The lowest BCUT2D eigenvalue weighted by atomic mass is 9.73. The molecule has 0 saturated heterocycles. The largest absolute Gasteiger partial charge is 0.481 e. The smallest absolute Gasteiger partial charge is 0.307 e. The van der Waals surface area contributed by atoms with Gasteiger partial charge < -0.3 is 10.0 Å². The topological polar surface area (TPSA) is 57.6 Å². The van der Waals surface area contributed by atoms with E-state index in [1.807, 2.05) is 38.1 Å². The molecule has 0 aliphatic heterocycles. The number of benzene rings is 1. The number of anilines is 1. The number of nitrogens with zero attached hydrogens (tertiary/aromatic N) is 1. The minimum absolute atomic E-state index is 0.0632. The summed E-state index contributed by atoms with van der Waals surface area (Å²) in [5, 5.41) is 9.05. The van der Waals surface area contributed by atoms with E-state index < -0.39 is 11.9 Å². The quantitative estimate of drug-likeness (QED) is 0.905. The van der Waals surface area contributed by atoms with Crippen molar-refractivity contribution in [2.45, 2.75) is 26.7 Å². The zero-order valence-corrected chi connectivity index (χ0v) is 11.3. The van der Waals surface area contributed by atoms with Gasteiger partial charge in [-0.2, -0.15) is 0 Å². The molecule has 1 aliphatic carbocycles. The number of aryl methyl sites for hydroxylation is 1. The van der Waals surface area contributed by atoms with Crippen LogP contribution in [0.3, 0.4) is 0 Å². The van der Waals surface area contributed by atoms with Gasteiger partial charge in [-0.3, -0.25) is 9.59 Å². The molecule has 2 atom stereocenters. The van der Waals surface area contributed by atoms with E-state index in [9.17, 15) is 9.59 Å². The van der Waals surface area contributed by atoms with Crippen molar-refractivity contribution in [3.63, 3.8) is 0 Å². The maximum Gasteiger partial charge on any atom is 0.307 e. The summed E-state index contributed by atoms with van der Waals surface area (Å²) in [5.41, 5.74) is 1.94. The molecule has 0 radical (unpaired) electrons. The molecule has 1 aromatic carbocycles. The van der Waals surface area contributed by atoms with Crippen LogP contribution in [0.2, 0.25) is 0 Å². The van der Waals surface area contributed by atoms with Gasteiger partial charge in [-0.25, -0.2) is 0 Å². The fourth-order valence-electron chi connectivity index (χ4n) is 2.55. The van der Waals surface area contributed by atoms with E-state index in [-0.39, 0.29) is 11.8 Å². The summed E-state index contributed by atoms with van der Waals surface area (Å²) >= 11 is 0. The van der Waals surface area contributed by atoms with Gasteiger partial charge in [0.25, 0.3) is 0 Å². The minimum atomic E-state index is -0.857. The monoisotopic (exact) mass is 261 g/mol. The molecule has 0 heterocycles. The predicted octanol–water partition coefficient (Wildman–Crippen LogP) is 2.46. The number of carbonyl (C=O) groups excluding carboxylic acids is 1. The summed E-state index contributed by atoms with van der Waals surface area (Å²) in [6.45, 7) is 4.45. The Bertz CT molecular complexity index is 498. The SMILES string of the molecule is CCN(C(=O)C1CCC1C(=O)O)c1cccc(C)c1. The van der Waals surface area contributed by atoms with Crippen LogP contribution in [0.1, 0.15) is 25.3 Å². The summed E-state index contributed by atoms with van der Waals surface area (Å²) < 4.78 is 0. The van der Waals surface area contributed by atoms with Crippen molar-refractivity contribution in [3.05, 3.63) is 29.8 Å². The number of amides is 1. The molecule has 1 fully saturated rings. The van der Waals surface area contributed by atoms with Crippen LogP contribution in [0, 0.1) is 18.8 Å². The predicted molar refractivity (Wildman–Crippen MR) is 73.1 cm³/mol. The second-order valence-electron chi connectivity index (χ2n) is 5.05. The molecule has 1 aromatic rings. The number of carboxylic acids is 1. The van der Waals surface area contributed by atoms with Crippen molar-refractivity contribution >= 4 is 17.6 Å². The third-order valence-electron chi connectivity index (χ3n) is 3.80. The van der Waals surface area contributed by atoms with Crippen molar-refractivity contribution in [1.29, 1.82) is 0 Å². The first-order valence-electron chi connectivity index (χ1n) is 6.65. The Morgan fingerprint density at radius 3 is 2.47 bits per heavy atom. The Labute approximate surface area is 113 Å². The van der Waals surface area contributed by atoms with Crippen LogP contribution in [0.25, 0.3) is 0 Å². The van der Waals surface area contributed by atoms with Crippen LogP contribution >= 0.6 is 0 Å². The molecular weight excluding hydrogens is 242 g/mol. The highest BCUT2D eigenvalue weighted by Gasteiger charge is 2.43. The molecule has 4 nitrogen and oxygen atoms in total. The number of aliphatic carboxylic acids is 1. The Morgan fingerprint density at radius 1 is 1.32 bits per heavy atom. The number of carbonyl (C=O) groups is 2. The molecular formula is C15H19NO3. The number of hydrogen-bond acceptors (Lipinski definition) is 2. The minimum Gasteiger partial charge on any atom is -0.481 e. The van der Waals surface area contributed by atoms with E-state index in [4.69, 9.17) is 5.11 Å². The molecule has 4 heteroatoms. The molecule has 19 heavy (non-hydrogen) atoms. The van der Waals surface area contributed by atoms with Crippen LogP contribution in [0.15, 0.2) is 24.3 Å². The average molecular weight is 261 g/mol. The molecule has 1 aliphatic rings. The molecule has 2 unspecified atom stereocenters. The highest BCUT2D eigenvalue weighted by Crippen LogP contribution is 2.36. The number of rotatable bonds is 4. The van der Waals surface area contributed by atoms with Gasteiger partial charge in [-0.15, -0.1) is 0 Å². The van der Waals surface area contributed by atoms with E-state index in [0.717, 1.165) is 11.3 Å². The van der Waals surface area contributed by atoms with Crippen molar-refractivity contribution < 1.29 is 14.7 Å². The molecule has 102 valence electrons. The second kappa shape index (κ2) is 5.43. The molecule has 2 rings (SSSR count). The highest BCUT2D eigenvalue weighted by molar-refractivity contribution is 5.98. The highest BCUT2D eigenvalue weighted by atomic mass is 16.4. The van der Waals surface area contributed by atoms with Crippen molar-refractivity contribution in [2.24, 2.45) is 11.8 Å². The third-order valence-corrected chi connectivity index (χ3v) is 3.80. The maximum atomic E-state index is 12.4. The van der Waals surface area contributed by atoms with Crippen LogP contribution in [-0.2, 0) is 9.59 Å². The fraction of sp³-hybridized carbons (Fsp3) is 0.467. The zero-order valence-electron chi connectivity index (χ0n) is 11.3. The van der Waals surface area contributed by atoms with Crippen LogP contribution in [-0.4, -0.2) is 23.5 Å². The normalized spacial score (nSPS) is 21.6. The lowest BCUT2D eigenvalue weighted by molar-refractivity contribution is -0.152. The van der Waals surface area contributed by atoms with Gasteiger partial charge in [-0.05, 0) is 44.4 Å². The Hall–Kier alpha value is -1.84. The third kappa shape index (κ3) is 2.62. The summed E-state index contributed by atoms with van der Waals surface area (Å²) in [6.07, 6.45) is 1.29. The molecule has 1 saturated carbocycles. The van der Waals surface area contributed by atoms with Gasteiger partial charge in [0.1, 0.15) is 0 Å². The molecule has 1 N–H and O–H groups in total. The van der Waals surface area contributed by atoms with Crippen LogP contribution < -0.4 is 4.90 Å². The fourth-order valence-corrected chi connectivity index (χ4v) is 2.55. The molecule has 0 aromatic heterocycles. The van der Waals surface area contributed by atoms with Crippen molar-refractivity contribution in [3.8, 4) is 0 Å². The first-order valence-corrected chi connectivity index (χ1v) is 6.65. The van der Waals surface area contributed by atoms with Gasteiger partial charge in [0.2, 0.25) is 5.91 Å². The summed E-state index contributed by atoms with van der Waals surface area (Å²) in [6, 6.07) is 7.74. The van der Waals surface area contributed by atoms with E-state index >= 15 is 0 Å². The van der Waals surface area contributed by atoms with Gasteiger partial charge in [0.15, 0.2) is 0 Å². The van der Waals surface area contributed by atoms with Gasteiger partial charge >= 0.3 is 5.97 Å². The van der Waals surface area contributed by atoms with Crippen molar-refractivity contribution in [2.75, 3.05) is 11.4 Å². The number of hydrogen-bond donors (Lipinski definition) is 1. The van der Waals surface area contributed by atoms with E-state index in [1.165, 1.54) is 0 Å². The molecule has 0 spiro atoms. The standard InChI is InChI=1S/C15H19NO3/c1-3-16(11-6-4-5-10(2)9-11)14(17)12-7-8-13(12)15(18)19/h4-6,9,12-13H,3,7-8H2,1-2H3,(H,18,19). The van der Waals surface area contributed by atoms with E-state index in [1.54, 1.807) is 4.90 Å². The van der Waals surface area contributed by atoms with Crippen LogP contribution in [0.4, 0.5) is 5.69 Å². The Kier molecular flexibility index (Phi) is 3.88. The maximum absolute atomic E-state index is 12.4. The number of carboxylic acid groups (broad SMARTS) is 1. The summed E-state index contributed by atoms with van der Waals surface area (Å²) in [7, 11) is 0. The Morgan fingerprint density at radius 2 is 2.00 bits per heavy atom. The summed E-state index contributed by atoms with van der Waals surface area (Å²) in [5.74, 6) is -1.79. The first kappa shape index (κ1) is 13.6. The average Bonchev–Trinajstić information content (AvgIpc) is 2.27.